The molecule has 3 heterocycles. The quantitative estimate of drug-likeness (QED) is 0.755. The van der Waals surface area contributed by atoms with Crippen LogP contribution in [0.5, 0.6) is 0 Å². The molecule has 0 saturated carbocycles. The summed E-state index contributed by atoms with van der Waals surface area (Å²) < 4.78 is 1.18. The SMILES string of the molecule is CCC(=O)Nc1sc2c(c1-c1nc3ccccc3s1)CCNC2. The Bertz CT molecular complexity index is 848. The van der Waals surface area contributed by atoms with Crippen LogP contribution in [0.15, 0.2) is 24.3 Å². The Balaban J connectivity index is 1.87. The van der Waals surface area contributed by atoms with Crippen LogP contribution in [0, 0.1) is 0 Å². The molecule has 4 rings (SSSR count). The van der Waals surface area contributed by atoms with Crippen LogP contribution in [-0.4, -0.2) is 17.4 Å². The zero-order chi connectivity index (χ0) is 15.8. The summed E-state index contributed by atoms with van der Waals surface area (Å²) in [6.45, 7) is 3.73. The molecule has 118 valence electrons. The second-order valence-corrected chi connectivity index (χ2v) is 7.66. The first-order valence-electron chi connectivity index (χ1n) is 7.77. The number of carbonyl (C=O) groups is 1. The van der Waals surface area contributed by atoms with Crippen LogP contribution in [0.25, 0.3) is 20.8 Å². The molecule has 0 atom stereocenters. The summed E-state index contributed by atoms with van der Waals surface area (Å²) in [7, 11) is 0. The maximum absolute atomic E-state index is 11.9. The molecule has 3 aromatic rings. The highest BCUT2D eigenvalue weighted by molar-refractivity contribution is 7.22. The first kappa shape index (κ1) is 14.8. The summed E-state index contributed by atoms with van der Waals surface area (Å²) in [6.07, 6.45) is 1.47. The molecule has 0 saturated heterocycles. The number of anilines is 1. The molecule has 0 bridgehead atoms. The van der Waals surface area contributed by atoms with E-state index >= 15 is 0 Å². The number of nitrogens with zero attached hydrogens (tertiary/aromatic N) is 1. The lowest BCUT2D eigenvalue weighted by Gasteiger charge is -2.13. The molecule has 2 aromatic heterocycles. The summed E-state index contributed by atoms with van der Waals surface area (Å²) in [5.41, 5.74) is 3.50. The summed E-state index contributed by atoms with van der Waals surface area (Å²) in [5.74, 6) is 0.0546. The average molecular weight is 343 g/mol. The number of thiazole rings is 1. The average Bonchev–Trinajstić information content (AvgIpc) is 3.14. The van der Waals surface area contributed by atoms with Crippen molar-refractivity contribution in [2.75, 3.05) is 11.9 Å². The van der Waals surface area contributed by atoms with Gasteiger partial charge in [0, 0.05) is 23.4 Å². The first-order chi connectivity index (χ1) is 11.3. The van der Waals surface area contributed by atoms with Crippen molar-refractivity contribution in [2.45, 2.75) is 26.3 Å². The Morgan fingerprint density at radius 2 is 2.22 bits per heavy atom. The van der Waals surface area contributed by atoms with Crippen LogP contribution >= 0.6 is 22.7 Å². The third-order valence-electron chi connectivity index (χ3n) is 4.01. The van der Waals surface area contributed by atoms with E-state index in [2.05, 4.69) is 16.7 Å². The van der Waals surface area contributed by atoms with Gasteiger partial charge in [0.2, 0.25) is 5.91 Å². The Kier molecular flexibility index (Phi) is 3.88. The molecule has 6 heteroatoms. The minimum Gasteiger partial charge on any atom is -0.317 e. The van der Waals surface area contributed by atoms with Gasteiger partial charge < -0.3 is 10.6 Å². The minimum atomic E-state index is 0.0546. The zero-order valence-electron chi connectivity index (χ0n) is 12.8. The molecule has 4 nitrogen and oxygen atoms in total. The lowest BCUT2D eigenvalue weighted by atomic mass is 10.0. The molecule has 1 amide bonds. The van der Waals surface area contributed by atoms with E-state index in [4.69, 9.17) is 4.98 Å². The normalized spacial score (nSPS) is 14.0. The number of amides is 1. The van der Waals surface area contributed by atoms with Gasteiger partial charge in [-0.25, -0.2) is 4.98 Å². The van der Waals surface area contributed by atoms with Crippen molar-refractivity contribution in [2.24, 2.45) is 0 Å². The number of aromatic nitrogens is 1. The van der Waals surface area contributed by atoms with Gasteiger partial charge in [0.1, 0.15) is 10.0 Å². The van der Waals surface area contributed by atoms with E-state index < -0.39 is 0 Å². The van der Waals surface area contributed by atoms with Crippen LogP contribution in [0.4, 0.5) is 5.00 Å². The van der Waals surface area contributed by atoms with Gasteiger partial charge in [-0.1, -0.05) is 19.1 Å². The van der Waals surface area contributed by atoms with Crippen LogP contribution in [0.1, 0.15) is 23.8 Å². The third kappa shape index (κ3) is 2.67. The predicted molar refractivity (Wildman–Crippen MR) is 97.3 cm³/mol. The number of carbonyl (C=O) groups excluding carboxylic acids is 1. The van der Waals surface area contributed by atoms with Crippen molar-refractivity contribution in [3.05, 3.63) is 34.7 Å². The largest absolute Gasteiger partial charge is 0.317 e. The van der Waals surface area contributed by atoms with Crippen molar-refractivity contribution >= 4 is 43.8 Å². The molecule has 1 aliphatic heterocycles. The molecule has 23 heavy (non-hydrogen) atoms. The third-order valence-corrected chi connectivity index (χ3v) is 6.21. The number of fused-ring (bicyclic) bond motifs is 2. The van der Waals surface area contributed by atoms with E-state index in [1.807, 2.05) is 25.1 Å². The van der Waals surface area contributed by atoms with Gasteiger partial charge in [0.15, 0.2) is 0 Å². The molecular weight excluding hydrogens is 326 g/mol. The summed E-state index contributed by atoms with van der Waals surface area (Å²) in [4.78, 5) is 18.0. The van der Waals surface area contributed by atoms with Crippen molar-refractivity contribution < 1.29 is 4.79 Å². The Hall–Kier alpha value is -1.76. The van der Waals surface area contributed by atoms with E-state index in [1.165, 1.54) is 15.1 Å². The number of rotatable bonds is 3. The van der Waals surface area contributed by atoms with Crippen LogP contribution < -0.4 is 10.6 Å². The highest BCUT2D eigenvalue weighted by Gasteiger charge is 2.24. The van der Waals surface area contributed by atoms with Crippen LogP contribution in [0.2, 0.25) is 0 Å². The Morgan fingerprint density at radius 1 is 1.35 bits per heavy atom. The molecule has 0 unspecified atom stereocenters. The fourth-order valence-corrected chi connectivity index (χ4v) is 5.19. The van der Waals surface area contributed by atoms with Crippen molar-refractivity contribution in [3.8, 4) is 10.6 Å². The molecule has 0 aliphatic carbocycles. The van der Waals surface area contributed by atoms with Gasteiger partial charge in [0.25, 0.3) is 0 Å². The smallest absolute Gasteiger partial charge is 0.224 e. The number of nitrogens with one attached hydrogen (secondary N) is 2. The zero-order valence-corrected chi connectivity index (χ0v) is 14.4. The number of benzene rings is 1. The Labute approximate surface area is 142 Å². The van der Waals surface area contributed by atoms with Crippen molar-refractivity contribution in [1.82, 2.24) is 10.3 Å². The highest BCUT2D eigenvalue weighted by Crippen LogP contribution is 2.44. The molecule has 0 fully saturated rings. The topological polar surface area (TPSA) is 54.0 Å². The number of hydrogen-bond donors (Lipinski definition) is 2. The maximum Gasteiger partial charge on any atom is 0.224 e. The second-order valence-electron chi connectivity index (χ2n) is 5.52. The standard InChI is InChI=1S/C17H17N3OS2/c1-2-14(21)20-17-15(10-7-8-18-9-13(10)23-17)16-19-11-5-3-4-6-12(11)22-16/h3-6,18H,2,7-9H2,1H3,(H,20,21). The molecule has 0 radical (unpaired) electrons. The van der Waals surface area contributed by atoms with E-state index in [0.717, 1.165) is 40.6 Å². The molecule has 1 aliphatic rings. The van der Waals surface area contributed by atoms with Crippen molar-refractivity contribution in [3.63, 3.8) is 0 Å². The fraction of sp³-hybridized carbons (Fsp3) is 0.294. The second kappa shape index (κ2) is 6.03. The van der Waals surface area contributed by atoms with Gasteiger partial charge in [-0.15, -0.1) is 22.7 Å². The van der Waals surface area contributed by atoms with Gasteiger partial charge in [-0.2, -0.15) is 0 Å². The van der Waals surface area contributed by atoms with Crippen molar-refractivity contribution in [1.29, 1.82) is 0 Å². The van der Waals surface area contributed by atoms with E-state index in [1.54, 1.807) is 22.7 Å². The summed E-state index contributed by atoms with van der Waals surface area (Å²) in [5, 5.41) is 8.45. The molecular formula is C17H17N3OS2. The fourth-order valence-electron chi connectivity index (χ4n) is 2.84. The van der Waals surface area contributed by atoms with Crippen LogP contribution in [-0.2, 0) is 17.8 Å². The van der Waals surface area contributed by atoms with E-state index in [-0.39, 0.29) is 5.91 Å². The van der Waals surface area contributed by atoms with Gasteiger partial charge in [-0.05, 0) is 30.7 Å². The molecule has 0 spiro atoms. The number of hydrogen-bond acceptors (Lipinski definition) is 5. The van der Waals surface area contributed by atoms with E-state index in [9.17, 15) is 4.79 Å². The lowest BCUT2D eigenvalue weighted by Crippen LogP contribution is -2.22. The van der Waals surface area contributed by atoms with Crippen LogP contribution in [0.3, 0.4) is 0 Å². The molecule has 2 N–H and O–H groups in total. The first-order valence-corrected chi connectivity index (χ1v) is 9.40. The summed E-state index contributed by atoms with van der Waals surface area (Å²) >= 11 is 3.38. The maximum atomic E-state index is 11.9. The minimum absolute atomic E-state index is 0.0546. The predicted octanol–water partition coefficient (Wildman–Crippen LogP) is 4.02. The van der Waals surface area contributed by atoms with Gasteiger partial charge in [-0.3, -0.25) is 4.79 Å². The van der Waals surface area contributed by atoms with Gasteiger partial charge in [0.05, 0.1) is 10.2 Å². The van der Waals surface area contributed by atoms with Gasteiger partial charge >= 0.3 is 0 Å². The Morgan fingerprint density at radius 3 is 3.04 bits per heavy atom. The van der Waals surface area contributed by atoms with E-state index in [0.29, 0.717) is 6.42 Å². The number of thiophene rings is 1. The summed E-state index contributed by atoms with van der Waals surface area (Å²) in [6, 6.07) is 8.19. The number of para-hydroxylation sites is 1. The lowest BCUT2D eigenvalue weighted by molar-refractivity contribution is -0.115. The highest BCUT2D eigenvalue weighted by atomic mass is 32.1. The molecule has 1 aromatic carbocycles. The monoisotopic (exact) mass is 343 g/mol.